The van der Waals surface area contributed by atoms with Crippen molar-refractivity contribution in [2.24, 2.45) is 5.41 Å². The Hall–Kier alpha value is -0.780. The van der Waals surface area contributed by atoms with Crippen LogP contribution in [0.15, 0.2) is 0 Å². The molecule has 15 heavy (non-hydrogen) atoms. The van der Waals surface area contributed by atoms with Gasteiger partial charge >= 0.3 is 12.1 Å². The lowest BCUT2D eigenvalue weighted by molar-refractivity contribution is -0.215. The molecule has 1 aliphatic carbocycles. The molecule has 1 rings (SSSR count). The van der Waals surface area contributed by atoms with Crippen molar-refractivity contribution in [3.8, 4) is 0 Å². The predicted octanol–water partition coefficient (Wildman–Crippen LogP) is 1.64. The fourth-order valence-electron chi connectivity index (χ4n) is 1.51. The molecule has 88 valence electrons. The molecule has 3 nitrogen and oxygen atoms in total. The highest BCUT2D eigenvalue weighted by Gasteiger charge is 2.67. The molecule has 0 aliphatic heterocycles. The predicted molar refractivity (Wildman–Crippen MR) is 45.0 cm³/mol. The molecule has 6 heteroatoms. The first-order chi connectivity index (χ1) is 6.83. The van der Waals surface area contributed by atoms with Crippen molar-refractivity contribution in [3.63, 3.8) is 0 Å². The van der Waals surface area contributed by atoms with E-state index in [0.717, 1.165) is 0 Å². The molecule has 0 amide bonds. The Morgan fingerprint density at radius 1 is 1.53 bits per heavy atom. The summed E-state index contributed by atoms with van der Waals surface area (Å²) in [5.74, 6) is -0.791. The number of carbonyl (C=O) groups excluding carboxylic acids is 1. The molecule has 1 unspecified atom stereocenters. The number of rotatable bonds is 4. The molecular weight excluding hydrogens is 213 g/mol. The molecule has 0 radical (unpaired) electrons. The van der Waals surface area contributed by atoms with E-state index in [1.165, 1.54) is 0 Å². The number of carbonyl (C=O) groups is 1. The van der Waals surface area contributed by atoms with Crippen LogP contribution in [0.2, 0.25) is 0 Å². The smallest absolute Gasteiger partial charge is 0.396 e. The van der Waals surface area contributed by atoms with Crippen molar-refractivity contribution < 1.29 is 27.8 Å². The molecular formula is C9H13F3O3. The van der Waals surface area contributed by atoms with E-state index in [1.807, 2.05) is 0 Å². The third-order valence-corrected chi connectivity index (χ3v) is 2.66. The van der Waals surface area contributed by atoms with Crippen LogP contribution in [0, 0.1) is 5.41 Å². The summed E-state index contributed by atoms with van der Waals surface area (Å²) >= 11 is 0. The Morgan fingerprint density at radius 3 is 2.40 bits per heavy atom. The molecule has 1 aliphatic rings. The van der Waals surface area contributed by atoms with Gasteiger partial charge in [-0.15, -0.1) is 0 Å². The molecule has 0 saturated heterocycles. The van der Waals surface area contributed by atoms with Crippen LogP contribution in [-0.2, 0) is 9.53 Å². The number of aliphatic hydroxyl groups is 1. The lowest BCUT2D eigenvalue weighted by Crippen LogP contribution is -2.37. The highest BCUT2D eigenvalue weighted by atomic mass is 19.4. The van der Waals surface area contributed by atoms with Gasteiger partial charge in [-0.3, -0.25) is 4.79 Å². The van der Waals surface area contributed by atoms with Crippen LogP contribution in [0.3, 0.4) is 0 Å². The van der Waals surface area contributed by atoms with Crippen LogP contribution in [0.1, 0.15) is 26.2 Å². The van der Waals surface area contributed by atoms with Gasteiger partial charge in [0.15, 0.2) is 0 Å². The van der Waals surface area contributed by atoms with Crippen molar-refractivity contribution in [1.82, 2.24) is 0 Å². The van der Waals surface area contributed by atoms with E-state index in [0.29, 0.717) is 0 Å². The van der Waals surface area contributed by atoms with E-state index in [4.69, 9.17) is 0 Å². The fraction of sp³-hybridized carbons (Fsp3) is 0.889. The first-order valence-corrected chi connectivity index (χ1v) is 4.74. The summed E-state index contributed by atoms with van der Waals surface area (Å²) in [6.45, 7) is 1.66. The third kappa shape index (κ3) is 2.42. The van der Waals surface area contributed by atoms with Gasteiger partial charge in [0.25, 0.3) is 0 Å². The molecule has 0 heterocycles. The SMILES string of the molecule is CCOC(=O)CC(O)C1(C(F)(F)F)CC1. The van der Waals surface area contributed by atoms with Crippen LogP contribution < -0.4 is 0 Å². The molecule has 0 aromatic carbocycles. The minimum atomic E-state index is -4.45. The van der Waals surface area contributed by atoms with E-state index < -0.39 is 30.1 Å². The Morgan fingerprint density at radius 2 is 2.07 bits per heavy atom. The second kappa shape index (κ2) is 4.00. The fourth-order valence-corrected chi connectivity index (χ4v) is 1.51. The van der Waals surface area contributed by atoms with Crippen LogP contribution in [0.25, 0.3) is 0 Å². The molecule has 1 fully saturated rings. The lowest BCUT2D eigenvalue weighted by atomic mass is 9.96. The summed E-state index contributed by atoms with van der Waals surface area (Å²) in [7, 11) is 0. The van der Waals surface area contributed by atoms with Crippen LogP contribution in [-0.4, -0.2) is 30.0 Å². The van der Waals surface area contributed by atoms with Crippen LogP contribution in [0.4, 0.5) is 13.2 Å². The van der Waals surface area contributed by atoms with Crippen molar-refractivity contribution in [1.29, 1.82) is 0 Å². The minimum absolute atomic E-state index is 0.102. The largest absolute Gasteiger partial charge is 0.466 e. The maximum absolute atomic E-state index is 12.5. The van der Waals surface area contributed by atoms with Crippen LogP contribution >= 0.6 is 0 Å². The van der Waals surface area contributed by atoms with E-state index in [2.05, 4.69) is 4.74 Å². The molecule has 1 saturated carbocycles. The maximum Gasteiger partial charge on any atom is 0.396 e. The number of esters is 1. The minimum Gasteiger partial charge on any atom is -0.466 e. The molecule has 0 spiro atoms. The quantitative estimate of drug-likeness (QED) is 0.741. The number of hydrogen-bond acceptors (Lipinski definition) is 3. The number of halogens is 3. The molecule has 0 aromatic heterocycles. The Bertz CT molecular complexity index is 245. The Labute approximate surface area is 85.2 Å². The van der Waals surface area contributed by atoms with E-state index in [9.17, 15) is 23.1 Å². The monoisotopic (exact) mass is 226 g/mol. The average molecular weight is 226 g/mol. The van der Waals surface area contributed by atoms with Gasteiger partial charge in [0.1, 0.15) is 0 Å². The molecule has 1 N–H and O–H groups in total. The molecule has 0 aromatic rings. The zero-order valence-electron chi connectivity index (χ0n) is 8.30. The Balaban J connectivity index is 2.54. The lowest BCUT2D eigenvalue weighted by Gasteiger charge is -2.24. The van der Waals surface area contributed by atoms with Gasteiger partial charge in [-0.2, -0.15) is 13.2 Å². The van der Waals surface area contributed by atoms with Gasteiger partial charge in [-0.25, -0.2) is 0 Å². The summed E-state index contributed by atoms with van der Waals surface area (Å²) < 4.78 is 41.9. The van der Waals surface area contributed by atoms with Crippen LogP contribution in [0.5, 0.6) is 0 Å². The average Bonchev–Trinajstić information content (AvgIpc) is 2.81. The maximum atomic E-state index is 12.5. The second-order valence-electron chi connectivity index (χ2n) is 3.68. The molecule has 1 atom stereocenters. The van der Waals surface area contributed by atoms with E-state index in [1.54, 1.807) is 6.92 Å². The van der Waals surface area contributed by atoms with Crippen molar-refractivity contribution in [2.75, 3.05) is 6.61 Å². The number of hydrogen-bond donors (Lipinski definition) is 1. The van der Waals surface area contributed by atoms with E-state index in [-0.39, 0.29) is 19.4 Å². The third-order valence-electron chi connectivity index (χ3n) is 2.66. The van der Waals surface area contributed by atoms with Crippen molar-refractivity contribution in [2.45, 2.75) is 38.5 Å². The summed E-state index contributed by atoms with van der Waals surface area (Å²) in [5.41, 5.74) is -2.07. The zero-order chi connectivity index (χ0) is 11.7. The highest BCUT2D eigenvalue weighted by molar-refractivity contribution is 5.70. The van der Waals surface area contributed by atoms with Crippen molar-refractivity contribution in [3.05, 3.63) is 0 Å². The standard InChI is InChI=1S/C9H13F3O3/c1-2-15-7(14)5-6(13)8(3-4-8)9(10,11)12/h6,13H,2-5H2,1H3. The van der Waals surface area contributed by atoms with Gasteiger partial charge in [0.2, 0.25) is 0 Å². The Kier molecular flexibility index (Phi) is 3.28. The summed E-state index contributed by atoms with van der Waals surface area (Å²) in [6.07, 6.45) is -6.95. The van der Waals surface area contributed by atoms with E-state index >= 15 is 0 Å². The second-order valence-corrected chi connectivity index (χ2v) is 3.68. The topological polar surface area (TPSA) is 46.5 Å². The van der Waals surface area contributed by atoms with Gasteiger partial charge in [-0.05, 0) is 19.8 Å². The summed E-state index contributed by atoms with van der Waals surface area (Å²) in [6, 6.07) is 0. The molecule has 0 bridgehead atoms. The first kappa shape index (κ1) is 12.3. The van der Waals surface area contributed by atoms with Gasteiger partial charge in [0.05, 0.1) is 24.5 Å². The first-order valence-electron chi connectivity index (χ1n) is 4.74. The number of alkyl halides is 3. The zero-order valence-corrected chi connectivity index (χ0v) is 8.30. The highest BCUT2D eigenvalue weighted by Crippen LogP contribution is 2.60. The summed E-state index contributed by atoms with van der Waals surface area (Å²) in [4.78, 5) is 10.9. The normalized spacial score (nSPS) is 20.9. The number of ether oxygens (including phenoxy) is 1. The number of aliphatic hydroxyl groups excluding tert-OH is 1. The van der Waals surface area contributed by atoms with Gasteiger partial charge in [-0.1, -0.05) is 0 Å². The summed E-state index contributed by atoms with van der Waals surface area (Å²) in [5, 5.41) is 9.35. The van der Waals surface area contributed by atoms with Gasteiger partial charge in [0, 0.05) is 0 Å². The van der Waals surface area contributed by atoms with Gasteiger partial charge < -0.3 is 9.84 Å². The van der Waals surface area contributed by atoms with Crippen molar-refractivity contribution >= 4 is 5.97 Å².